The van der Waals surface area contributed by atoms with Gasteiger partial charge in [-0.15, -0.1) is 0 Å². The van der Waals surface area contributed by atoms with Gasteiger partial charge in [-0.2, -0.15) is 0 Å². The zero-order chi connectivity index (χ0) is 17.0. The molecule has 23 heavy (non-hydrogen) atoms. The minimum Gasteiger partial charge on any atom is -0.480 e. The third-order valence-corrected chi connectivity index (χ3v) is 3.85. The molecule has 2 unspecified atom stereocenters. The molecule has 1 aliphatic rings. The average molecular weight is 322 g/mol. The Hall–Kier alpha value is -2.44. The molecule has 1 heterocycles. The largest absolute Gasteiger partial charge is 0.480 e. The van der Waals surface area contributed by atoms with Gasteiger partial charge in [-0.25, -0.2) is 9.18 Å². The van der Waals surface area contributed by atoms with Gasteiger partial charge in [0.1, 0.15) is 6.67 Å². The maximum absolute atomic E-state index is 12.6. The zero-order valence-corrected chi connectivity index (χ0v) is 12.8. The molecule has 0 aromatic heterocycles. The lowest BCUT2D eigenvalue weighted by Gasteiger charge is -2.17. The van der Waals surface area contributed by atoms with E-state index in [1.165, 1.54) is 0 Å². The molecule has 2 rings (SSSR count). The molecule has 124 valence electrons. The second-order valence-corrected chi connectivity index (χ2v) is 5.71. The number of aliphatic carboxylic acids is 1. The van der Waals surface area contributed by atoms with Crippen LogP contribution in [0.4, 0.5) is 4.39 Å². The predicted molar refractivity (Wildman–Crippen MR) is 80.2 cm³/mol. The molecular formula is C16H19FN2O4. The average Bonchev–Trinajstić information content (AvgIpc) is 2.87. The van der Waals surface area contributed by atoms with Crippen molar-refractivity contribution in [1.82, 2.24) is 10.2 Å². The van der Waals surface area contributed by atoms with Crippen molar-refractivity contribution < 1.29 is 23.9 Å². The first kappa shape index (κ1) is 16.9. The number of likely N-dealkylation sites (tertiary alicyclic amines) is 1. The van der Waals surface area contributed by atoms with Gasteiger partial charge in [0.05, 0.1) is 5.92 Å². The molecule has 0 saturated carbocycles. The Morgan fingerprint density at radius 2 is 2.04 bits per heavy atom. The third-order valence-electron chi connectivity index (χ3n) is 3.85. The number of halogens is 1. The molecule has 0 bridgehead atoms. The molecule has 2 amide bonds. The van der Waals surface area contributed by atoms with E-state index in [0.717, 1.165) is 11.1 Å². The highest BCUT2D eigenvalue weighted by Crippen LogP contribution is 2.20. The van der Waals surface area contributed by atoms with Gasteiger partial charge >= 0.3 is 5.97 Å². The number of amides is 2. The fourth-order valence-electron chi connectivity index (χ4n) is 2.47. The van der Waals surface area contributed by atoms with E-state index in [2.05, 4.69) is 5.32 Å². The van der Waals surface area contributed by atoms with E-state index in [4.69, 9.17) is 5.11 Å². The minimum atomic E-state index is -1.57. The van der Waals surface area contributed by atoms with Gasteiger partial charge in [-0.3, -0.25) is 9.59 Å². The number of hydrogen-bond acceptors (Lipinski definition) is 3. The molecule has 0 aliphatic carbocycles. The molecule has 1 aliphatic heterocycles. The van der Waals surface area contributed by atoms with Crippen molar-refractivity contribution in [2.24, 2.45) is 5.92 Å². The first-order chi connectivity index (χ1) is 10.9. The van der Waals surface area contributed by atoms with Crippen molar-refractivity contribution in [3.63, 3.8) is 0 Å². The van der Waals surface area contributed by atoms with Crippen LogP contribution in [-0.2, 0) is 20.9 Å². The number of benzene rings is 1. The Bertz CT molecular complexity index is 603. The van der Waals surface area contributed by atoms with Crippen molar-refractivity contribution in [1.29, 1.82) is 0 Å². The number of aryl methyl sites for hydroxylation is 1. The van der Waals surface area contributed by atoms with Crippen LogP contribution in [0, 0.1) is 12.8 Å². The van der Waals surface area contributed by atoms with E-state index in [0.29, 0.717) is 6.54 Å². The van der Waals surface area contributed by atoms with Gasteiger partial charge in [0.2, 0.25) is 11.8 Å². The van der Waals surface area contributed by atoms with Crippen LogP contribution in [0.15, 0.2) is 24.3 Å². The Morgan fingerprint density at radius 1 is 1.39 bits per heavy atom. The number of nitrogens with zero attached hydrogens (tertiary/aromatic N) is 1. The van der Waals surface area contributed by atoms with Crippen LogP contribution in [0.2, 0.25) is 0 Å². The summed E-state index contributed by atoms with van der Waals surface area (Å²) in [6.07, 6.45) is 0.0102. The van der Waals surface area contributed by atoms with Gasteiger partial charge in [0.15, 0.2) is 6.04 Å². The van der Waals surface area contributed by atoms with Crippen molar-refractivity contribution in [2.75, 3.05) is 13.2 Å². The number of hydrogen-bond donors (Lipinski definition) is 2. The lowest BCUT2D eigenvalue weighted by atomic mass is 10.1. The summed E-state index contributed by atoms with van der Waals surface area (Å²) < 4.78 is 12.6. The van der Waals surface area contributed by atoms with E-state index in [-0.39, 0.29) is 18.9 Å². The molecule has 1 fully saturated rings. The lowest BCUT2D eigenvalue weighted by Crippen LogP contribution is -2.45. The molecule has 1 aromatic rings. The van der Waals surface area contributed by atoms with Gasteiger partial charge in [-0.05, 0) is 12.5 Å². The summed E-state index contributed by atoms with van der Waals surface area (Å²) >= 11 is 0. The third kappa shape index (κ3) is 4.28. The first-order valence-electron chi connectivity index (χ1n) is 7.33. The number of nitrogens with one attached hydrogen (secondary N) is 1. The standard InChI is InChI=1S/C16H19FN2O4/c1-10-2-4-11(5-3-10)8-19-9-12(6-14(19)20)15(21)18-13(7-17)16(22)23/h2-5,12-13H,6-9H2,1H3,(H,18,21)(H,22,23). The summed E-state index contributed by atoms with van der Waals surface area (Å²) in [6.45, 7) is 1.38. The molecule has 0 radical (unpaired) electrons. The summed E-state index contributed by atoms with van der Waals surface area (Å²) in [5.74, 6) is -2.85. The molecule has 2 N–H and O–H groups in total. The zero-order valence-electron chi connectivity index (χ0n) is 12.8. The van der Waals surface area contributed by atoms with E-state index in [1.807, 2.05) is 31.2 Å². The van der Waals surface area contributed by atoms with Crippen molar-refractivity contribution in [2.45, 2.75) is 25.9 Å². The van der Waals surface area contributed by atoms with Gasteiger partial charge in [0.25, 0.3) is 0 Å². The van der Waals surface area contributed by atoms with Gasteiger partial charge in [0, 0.05) is 19.5 Å². The van der Waals surface area contributed by atoms with Crippen LogP contribution in [0.5, 0.6) is 0 Å². The molecular weight excluding hydrogens is 303 g/mol. The molecule has 1 saturated heterocycles. The van der Waals surface area contributed by atoms with E-state index >= 15 is 0 Å². The maximum Gasteiger partial charge on any atom is 0.328 e. The highest BCUT2D eigenvalue weighted by molar-refractivity contribution is 5.91. The van der Waals surface area contributed by atoms with Crippen LogP contribution in [0.3, 0.4) is 0 Å². The fraction of sp³-hybridized carbons (Fsp3) is 0.438. The van der Waals surface area contributed by atoms with Crippen LogP contribution < -0.4 is 5.32 Å². The topological polar surface area (TPSA) is 86.7 Å². The predicted octanol–water partition coefficient (Wildman–Crippen LogP) is 0.882. The minimum absolute atomic E-state index is 0.0102. The number of carbonyl (C=O) groups is 3. The normalized spacial score (nSPS) is 18.8. The summed E-state index contributed by atoms with van der Waals surface area (Å²) in [5, 5.41) is 10.9. The van der Waals surface area contributed by atoms with E-state index < -0.39 is 30.5 Å². The Morgan fingerprint density at radius 3 is 2.61 bits per heavy atom. The maximum atomic E-state index is 12.6. The lowest BCUT2D eigenvalue weighted by molar-refractivity contribution is -0.142. The van der Waals surface area contributed by atoms with Crippen LogP contribution in [0.1, 0.15) is 17.5 Å². The summed E-state index contributed by atoms with van der Waals surface area (Å²) in [7, 11) is 0. The van der Waals surface area contributed by atoms with E-state index in [1.54, 1.807) is 4.90 Å². The molecule has 2 atom stereocenters. The number of carbonyl (C=O) groups excluding carboxylic acids is 2. The van der Waals surface area contributed by atoms with Crippen LogP contribution in [-0.4, -0.2) is 47.1 Å². The molecule has 7 heteroatoms. The Labute approximate surface area is 133 Å². The second-order valence-electron chi connectivity index (χ2n) is 5.71. The number of carboxylic acid groups (broad SMARTS) is 1. The summed E-state index contributed by atoms with van der Waals surface area (Å²) in [5.41, 5.74) is 2.07. The molecule has 0 spiro atoms. The van der Waals surface area contributed by atoms with Crippen molar-refractivity contribution >= 4 is 17.8 Å². The smallest absolute Gasteiger partial charge is 0.328 e. The SMILES string of the molecule is Cc1ccc(CN2CC(C(=O)NC(CF)C(=O)O)CC2=O)cc1. The van der Waals surface area contributed by atoms with Gasteiger partial charge in [-0.1, -0.05) is 29.8 Å². The quantitative estimate of drug-likeness (QED) is 0.814. The van der Waals surface area contributed by atoms with Crippen molar-refractivity contribution in [3.05, 3.63) is 35.4 Å². The summed E-state index contributed by atoms with van der Waals surface area (Å²) in [4.78, 5) is 36.3. The van der Waals surface area contributed by atoms with Crippen LogP contribution >= 0.6 is 0 Å². The Balaban J connectivity index is 1.95. The van der Waals surface area contributed by atoms with E-state index in [9.17, 15) is 18.8 Å². The van der Waals surface area contributed by atoms with Crippen LogP contribution in [0.25, 0.3) is 0 Å². The van der Waals surface area contributed by atoms with Crippen molar-refractivity contribution in [3.8, 4) is 0 Å². The van der Waals surface area contributed by atoms with Gasteiger partial charge < -0.3 is 15.3 Å². The number of alkyl halides is 1. The fourth-order valence-corrected chi connectivity index (χ4v) is 2.47. The number of rotatable bonds is 6. The highest BCUT2D eigenvalue weighted by Gasteiger charge is 2.35. The first-order valence-corrected chi connectivity index (χ1v) is 7.33. The monoisotopic (exact) mass is 322 g/mol. The molecule has 1 aromatic carbocycles. The highest BCUT2D eigenvalue weighted by atomic mass is 19.1. The Kier molecular flexibility index (Phi) is 5.31. The second kappa shape index (κ2) is 7.21. The molecule has 6 nitrogen and oxygen atoms in total. The number of carboxylic acids is 1. The summed E-state index contributed by atoms with van der Waals surface area (Å²) in [6, 6.07) is 6.15.